The van der Waals surface area contributed by atoms with Crippen LogP contribution in [0, 0.1) is 5.41 Å². The van der Waals surface area contributed by atoms with Gasteiger partial charge in [-0.2, -0.15) is 0 Å². The van der Waals surface area contributed by atoms with E-state index in [-0.39, 0.29) is 11.8 Å². The van der Waals surface area contributed by atoms with Crippen molar-refractivity contribution in [3.05, 3.63) is 18.2 Å². The third-order valence-electron chi connectivity index (χ3n) is 4.08. The summed E-state index contributed by atoms with van der Waals surface area (Å²) in [5.74, 6) is 0.675. The molecule has 1 saturated carbocycles. The fourth-order valence-electron chi connectivity index (χ4n) is 2.39. The third kappa shape index (κ3) is 3.75. The Balaban J connectivity index is 2.02. The number of anilines is 1. The fourth-order valence-corrected chi connectivity index (χ4v) is 2.39. The van der Waals surface area contributed by atoms with Crippen LogP contribution in [-0.2, 0) is 9.59 Å². The summed E-state index contributed by atoms with van der Waals surface area (Å²) in [6.45, 7) is 2.67. The Morgan fingerprint density at radius 3 is 2.39 bits per heavy atom. The zero-order chi connectivity index (χ0) is 16.9. The zero-order valence-corrected chi connectivity index (χ0v) is 13.9. The summed E-state index contributed by atoms with van der Waals surface area (Å²) in [6.07, 6.45) is 3.10. The molecular weight excluding hydrogens is 296 g/mol. The van der Waals surface area contributed by atoms with E-state index in [1.165, 1.54) is 7.11 Å². The molecule has 0 bridgehead atoms. The predicted octanol–water partition coefficient (Wildman–Crippen LogP) is 2.34. The van der Waals surface area contributed by atoms with Gasteiger partial charge in [0.05, 0.1) is 14.2 Å². The van der Waals surface area contributed by atoms with Crippen LogP contribution in [0.4, 0.5) is 5.69 Å². The van der Waals surface area contributed by atoms with E-state index >= 15 is 0 Å². The first-order chi connectivity index (χ1) is 11.1. The van der Waals surface area contributed by atoms with Crippen LogP contribution in [0.2, 0.25) is 0 Å². The minimum atomic E-state index is -0.916. The lowest BCUT2D eigenvalue weighted by Gasteiger charge is -2.16. The molecule has 0 unspecified atom stereocenters. The van der Waals surface area contributed by atoms with Crippen LogP contribution in [0.15, 0.2) is 18.2 Å². The number of ether oxygens (including phenoxy) is 2. The first-order valence-electron chi connectivity index (χ1n) is 7.89. The van der Waals surface area contributed by atoms with Gasteiger partial charge in [0.1, 0.15) is 5.41 Å². The molecule has 0 spiro atoms. The number of methoxy groups -OCH3 is 2. The molecule has 23 heavy (non-hydrogen) atoms. The molecule has 1 aliphatic rings. The van der Waals surface area contributed by atoms with Crippen LogP contribution in [0.5, 0.6) is 11.5 Å². The predicted molar refractivity (Wildman–Crippen MR) is 87.8 cm³/mol. The van der Waals surface area contributed by atoms with Crippen molar-refractivity contribution in [1.82, 2.24) is 5.32 Å². The lowest BCUT2D eigenvalue weighted by Crippen LogP contribution is -2.40. The number of unbranched alkanes of at least 4 members (excludes halogenated alkanes) is 1. The minimum absolute atomic E-state index is 0.177. The molecular formula is C17H24N2O4. The number of carbonyl (C=O) groups excluding carboxylic acids is 2. The number of nitrogens with one attached hydrogen (secondary N) is 2. The monoisotopic (exact) mass is 320 g/mol. The number of amides is 2. The van der Waals surface area contributed by atoms with Crippen molar-refractivity contribution in [2.24, 2.45) is 5.41 Å². The molecule has 0 atom stereocenters. The smallest absolute Gasteiger partial charge is 0.240 e. The molecule has 1 fully saturated rings. The summed E-state index contributed by atoms with van der Waals surface area (Å²) in [7, 11) is 3.09. The Labute approximate surface area is 136 Å². The van der Waals surface area contributed by atoms with E-state index < -0.39 is 5.41 Å². The van der Waals surface area contributed by atoms with Gasteiger partial charge in [0.2, 0.25) is 11.8 Å². The Hall–Kier alpha value is -2.24. The van der Waals surface area contributed by atoms with Crippen molar-refractivity contribution >= 4 is 17.5 Å². The maximum Gasteiger partial charge on any atom is 0.240 e. The van der Waals surface area contributed by atoms with Crippen molar-refractivity contribution in [2.45, 2.75) is 32.6 Å². The van der Waals surface area contributed by atoms with E-state index in [0.717, 1.165) is 12.8 Å². The van der Waals surface area contributed by atoms with Crippen molar-refractivity contribution in [1.29, 1.82) is 0 Å². The maximum absolute atomic E-state index is 12.5. The van der Waals surface area contributed by atoms with Crippen molar-refractivity contribution in [3.63, 3.8) is 0 Å². The number of carbonyl (C=O) groups is 2. The second-order valence-corrected chi connectivity index (χ2v) is 5.72. The van der Waals surface area contributed by atoms with Crippen LogP contribution >= 0.6 is 0 Å². The molecule has 0 aliphatic heterocycles. The summed E-state index contributed by atoms with van der Waals surface area (Å²) < 4.78 is 10.4. The SMILES string of the molecule is CCCCNC(=O)C1(C(=O)Nc2ccc(OC)c(OC)c2)CC1. The molecule has 0 aromatic heterocycles. The van der Waals surface area contributed by atoms with Crippen LogP contribution in [0.1, 0.15) is 32.6 Å². The first-order valence-corrected chi connectivity index (χ1v) is 7.89. The first kappa shape index (κ1) is 17.1. The molecule has 2 rings (SSSR count). The molecule has 6 nitrogen and oxygen atoms in total. The standard InChI is InChI=1S/C17H24N2O4/c1-4-5-10-18-15(20)17(8-9-17)16(21)19-12-6-7-13(22-2)14(11-12)23-3/h6-7,11H,4-5,8-10H2,1-3H3,(H,18,20)(H,19,21). The molecule has 126 valence electrons. The van der Waals surface area contributed by atoms with Crippen LogP contribution in [0.25, 0.3) is 0 Å². The van der Waals surface area contributed by atoms with Gasteiger partial charge < -0.3 is 20.1 Å². The van der Waals surface area contributed by atoms with E-state index in [2.05, 4.69) is 17.6 Å². The van der Waals surface area contributed by atoms with Gasteiger partial charge in [-0.25, -0.2) is 0 Å². The molecule has 0 saturated heterocycles. The quantitative estimate of drug-likeness (QED) is 0.569. The number of rotatable bonds is 8. The molecule has 0 radical (unpaired) electrons. The highest BCUT2D eigenvalue weighted by Gasteiger charge is 2.56. The van der Waals surface area contributed by atoms with Crippen LogP contribution in [0.3, 0.4) is 0 Å². The average Bonchev–Trinajstić information content (AvgIpc) is 3.36. The maximum atomic E-state index is 12.5. The summed E-state index contributed by atoms with van der Waals surface area (Å²) >= 11 is 0. The Morgan fingerprint density at radius 2 is 1.83 bits per heavy atom. The van der Waals surface area contributed by atoms with Crippen molar-refractivity contribution in [2.75, 3.05) is 26.1 Å². The van der Waals surface area contributed by atoms with Crippen LogP contribution < -0.4 is 20.1 Å². The van der Waals surface area contributed by atoms with Crippen molar-refractivity contribution in [3.8, 4) is 11.5 Å². The lowest BCUT2D eigenvalue weighted by molar-refractivity contribution is -0.134. The molecule has 0 heterocycles. The minimum Gasteiger partial charge on any atom is -0.493 e. The molecule has 1 aromatic rings. The van der Waals surface area contributed by atoms with E-state index in [9.17, 15) is 9.59 Å². The molecule has 2 N–H and O–H groups in total. The second-order valence-electron chi connectivity index (χ2n) is 5.72. The summed E-state index contributed by atoms with van der Waals surface area (Å²) in [4.78, 5) is 24.7. The normalized spacial score (nSPS) is 14.7. The Kier molecular flexibility index (Phi) is 5.47. The van der Waals surface area contributed by atoms with Gasteiger partial charge in [-0.05, 0) is 31.4 Å². The molecule has 2 amide bonds. The molecule has 6 heteroatoms. The fraction of sp³-hybridized carbons (Fsp3) is 0.529. The Bertz CT molecular complexity index is 582. The highest BCUT2D eigenvalue weighted by atomic mass is 16.5. The van der Waals surface area contributed by atoms with Gasteiger partial charge in [-0.1, -0.05) is 13.3 Å². The van der Waals surface area contributed by atoms with Crippen LogP contribution in [-0.4, -0.2) is 32.6 Å². The van der Waals surface area contributed by atoms with E-state index in [0.29, 0.717) is 36.6 Å². The topological polar surface area (TPSA) is 76.7 Å². The Morgan fingerprint density at radius 1 is 1.13 bits per heavy atom. The highest BCUT2D eigenvalue weighted by molar-refractivity contribution is 6.13. The number of benzene rings is 1. The number of hydrogen-bond acceptors (Lipinski definition) is 4. The summed E-state index contributed by atoms with van der Waals surface area (Å²) in [5.41, 5.74) is -0.332. The van der Waals surface area contributed by atoms with Gasteiger partial charge in [-0.15, -0.1) is 0 Å². The number of hydrogen-bond donors (Lipinski definition) is 2. The summed E-state index contributed by atoms with van der Waals surface area (Å²) in [6, 6.07) is 5.13. The third-order valence-corrected chi connectivity index (χ3v) is 4.08. The van der Waals surface area contributed by atoms with Gasteiger partial charge in [0.25, 0.3) is 0 Å². The van der Waals surface area contributed by atoms with Gasteiger partial charge in [-0.3, -0.25) is 9.59 Å². The van der Waals surface area contributed by atoms with Gasteiger partial charge in [0.15, 0.2) is 11.5 Å². The van der Waals surface area contributed by atoms with E-state index in [4.69, 9.17) is 9.47 Å². The lowest BCUT2D eigenvalue weighted by atomic mass is 10.0. The second kappa shape index (κ2) is 7.35. The summed E-state index contributed by atoms with van der Waals surface area (Å²) in [5, 5.41) is 5.66. The van der Waals surface area contributed by atoms with Crippen molar-refractivity contribution < 1.29 is 19.1 Å². The molecule has 1 aliphatic carbocycles. The highest BCUT2D eigenvalue weighted by Crippen LogP contribution is 2.47. The average molecular weight is 320 g/mol. The van der Waals surface area contributed by atoms with E-state index in [1.807, 2.05) is 0 Å². The largest absolute Gasteiger partial charge is 0.493 e. The van der Waals surface area contributed by atoms with Gasteiger partial charge in [0, 0.05) is 18.3 Å². The molecule has 1 aromatic carbocycles. The van der Waals surface area contributed by atoms with Gasteiger partial charge >= 0.3 is 0 Å². The van der Waals surface area contributed by atoms with E-state index in [1.54, 1.807) is 25.3 Å². The zero-order valence-electron chi connectivity index (χ0n) is 13.9.